The van der Waals surface area contributed by atoms with Gasteiger partial charge < -0.3 is 21.1 Å². The van der Waals surface area contributed by atoms with Crippen molar-refractivity contribution < 1.29 is 14.3 Å². The summed E-state index contributed by atoms with van der Waals surface area (Å²) < 4.78 is 5.64. The van der Waals surface area contributed by atoms with Gasteiger partial charge in [-0.2, -0.15) is 0 Å². The fourth-order valence-corrected chi connectivity index (χ4v) is 1.67. The summed E-state index contributed by atoms with van der Waals surface area (Å²) in [5.41, 5.74) is 5.52. The molecule has 0 saturated heterocycles. The molecule has 0 aliphatic rings. The number of nitrogens with two attached hydrogens (primary N) is 1. The maximum atomic E-state index is 11.7. The highest BCUT2D eigenvalue weighted by molar-refractivity contribution is 5.87. The lowest BCUT2D eigenvalue weighted by Gasteiger charge is -2.23. The Balaban J connectivity index is -0.000000621. The van der Waals surface area contributed by atoms with Gasteiger partial charge in [0.25, 0.3) is 0 Å². The van der Waals surface area contributed by atoms with Crippen molar-refractivity contribution in [3.05, 3.63) is 35.9 Å². The Morgan fingerprint density at radius 1 is 1.07 bits per heavy atom. The van der Waals surface area contributed by atoms with Crippen LogP contribution in [-0.2, 0) is 20.9 Å². The Morgan fingerprint density at radius 3 is 1.93 bits per heavy atom. The van der Waals surface area contributed by atoms with Crippen LogP contribution in [0.15, 0.2) is 30.3 Å². The zero-order valence-corrected chi connectivity index (χ0v) is 18.5. The van der Waals surface area contributed by atoms with Crippen molar-refractivity contribution in [2.45, 2.75) is 73.1 Å². The van der Waals surface area contributed by atoms with Crippen LogP contribution in [-0.4, -0.2) is 38.1 Å². The van der Waals surface area contributed by atoms with Crippen LogP contribution in [0, 0.1) is 0 Å². The van der Waals surface area contributed by atoms with E-state index < -0.39 is 12.1 Å². The predicted molar refractivity (Wildman–Crippen MR) is 114 cm³/mol. The number of nitrogens with one attached hydrogen (secondary N) is 2. The quantitative estimate of drug-likeness (QED) is 0.674. The Kier molecular flexibility index (Phi) is 24.4. The highest BCUT2D eigenvalue weighted by Gasteiger charge is 2.25. The number of carbonyl (C=O) groups is 2. The van der Waals surface area contributed by atoms with Crippen LogP contribution in [0.1, 0.15) is 59.9 Å². The van der Waals surface area contributed by atoms with Gasteiger partial charge in [-0.15, -0.1) is 0 Å². The van der Waals surface area contributed by atoms with E-state index in [9.17, 15) is 9.59 Å². The van der Waals surface area contributed by atoms with Gasteiger partial charge >= 0.3 is 0 Å². The van der Waals surface area contributed by atoms with Gasteiger partial charge in [-0.25, -0.2) is 0 Å². The van der Waals surface area contributed by atoms with E-state index in [1.165, 1.54) is 33.9 Å². The van der Waals surface area contributed by atoms with E-state index in [0.717, 1.165) is 5.56 Å². The van der Waals surface area contributed by atoms with Gasteiger partial charge in [-0.3, -0.25) is 9.59 Å². The maximum Gasteiger partial charge on any atom is 0.245 e. The van der Waals surface area contributed by atoms with E-state index in [1.54, 1.807) is 6.92 Å². The minimum Gasteiger partial charge on any atom is -0.371 e. The van der Waals surface area contributed by atoms with Crippen molar-refractivity contribution in [2.24, 2.45) is 5.73 Å². The van der Waals surface area contributed by atoms with E-state index >= 15 is 0 Å². The second kappa shape index (κ2) is 22.1. The minimum atomic E-state index is -0.689. The third kappa shape index (κ3) is 17.3. The molecule has 1 rings (SSSR count). The molecule has 1 aromatic rings. The number of rotatable bonds is 7. The highest BCUT2D eigenvalue weighted by atomic mass is 16.5. The number of amides is 2. The summed E-state index contributed by atoms with van der Waals surface area (Å²) >= 11 is 0. The van der Waals surface area contributed by atoms with E-state index in [0.29, 0.717) is 6.61 Å². The van der Waals surface area contributed by atoms with Crippen molar-refractivity contribution in [3.63, 3.8) is 0 Å². The monoisotopic (exact) mass is 383 g/mol. The summed E-state index contributed by atoms with van der Waals surface area (Å²) in [4.78, 5) is 22.8. The molecule has 0 radical (unpaired) electrons. The molecule has 2 atom stereocenters. The Morgan fingerprint density at radius 2 is 1.56 bits per heavy atom. The molecule has 1 aromatic carbocycles. The zero-order chi connectivity index (χ0) is 21.7. The first kappa shape index (κ1) is 29.8. The molecule has 158 valence electrons. The Labute approximate surface area is 166 Å². The van der Waals surface area contributed by atoms with Gasteiger partial charge in [0, 0.05) is 14.0 Å². The number of hydrogen-bond donors (Lipinski definition) is 3. The third-order valence-corrected chi connectivity index (χ3v) is 3.21. The molecule has 0 spiro atoms. The molecule has 0 saturated carbocycles. The molecule has 27 heavy (non-hydrogen) atoms. The number of benzene rings is 1. The molecule has 6 nitrogen and oxygen atoms in total. The van der Waals surface area contributed by atoms with Crippen LogP contribution < -0.4 is 16.4 Å². The topological polar surface area (TPSA) is 93.5 Å². The van der Waals surface area contributed by atoms with Crippen molar-refractivity contribution in [3.8, 4) is 0 Å². The summed E-state index contributed by atoms with van der Waals surface area (Å²) in [5.74, 6) is -0.528. The SMILES string of the molecule is CC.CCCC.CN.CNC(=O)C(NC(C)=O)C(C)OCc1ccccc1. The number of carbonyl (C=O) groups excluding carboxylic acids is 2. The molecular weight excluding hydrogens is 342 g/mol. The van der Waals surface area contributed by atoms with Crippen LogP contribution in [0.5, 0.6) is 0 Å². The third-order valence-electron chi connectivity index (χ3n) is 3.21. The van der Waals surface area contributed by atoms with E-state index in [2.05, 4.69) is 30.2 Å². The molecule has 2 unspecified atom stereocenters. The standard InChI is InChI=1S/C14H20N2O3.C4H10.C2H6.CH5N/c1-10(13(14(18)15-3)16-11(2)17)19-9-12-7-5-4-6-8-12;1-3-4-2;2*1-2/h4-8,10,13H,9H2,1-3H3,(H,15,18)(H,16,17);3-4H2,1-2H3;1-2H3;2H2,1H3. The van der Waals surface area contributed by atoms with Gasteiger partial charge in [0.1, 0.15) is 6.04 Å². The summed E-state index contributed by atoms with van der Waals surface area (Å²) in [6.45, 7) is 11.9. The molecule has 0 bridgehead atoms. The smallest absolute Gasteiger partial charge is 0.245 e. The van der Waals surface area contributed by atoms with Crippen LogP contribution in [0.4, 0.5) is 0 Å². The largest absolute Gasteiger partial charge is 0.371 e. The number of hydrogen-bond acceptors (Lipinski definition) is 4. The second-order valence-corrected chi connectivity index (χ2v) is 5.29. The van der Waals surface area contributed by atoms with Crippen LogP contribution in [0.2, 0.25) is 0 Å². The summed E-state index contributed by atoms with van der Waals surface area (Å²) in [7, 11) is 3.03. The lowest BCUT2D eigenvalue weighted by molar-refractivity contribution is -0.132. The van der Waals surface area contributed by atoms with Gasteiger partial charge in [0.05, 0.1) is 12.7 Å². The first-order chi connectivity index (χ1) is 13.0. The average Bonchev–Trinajstić information content (AvgIpc) is 2.73. The van der Waals surface area contributed by atoms with Crippen molar-refractivity contribution >= 4 is 11.8 Å². The lowest BCUT2D eigenvalue weighted by Crippen LogP contribution is -2.51. The van der Waals surface area contributed by atoms with Crippen molar-refractivity contribution in [2.75, 3.05) is 14.1 Å². The van der Waals surface area contributed by atoms with E-state index in [4.69, 9.17) is 4.74 Å². The Hall–Kier alpha value is -1.92. The van der Waals surface area contributed by atoms with Gasteiger partial charge in [0.2, 0.25) is 11.8 Å². The average molecular weight is 384 g/mol. The fourth-order valence-electron chi connectivity index (χ4n) is 1.67. The van der Waals surface area contributed by atoms with Gasteiger partial charge in [-0.05, 0) is 19.5 Å². The molecule has 6 heteroatoms. The molecule has 0 aromatic heterocycles. The number of likely N-dealkylation sites (N-methyl/N-ethyl adjacent to an activating group) is 1. The molecule has 0 fully saturated rings. The highest BCUT2D eigenvalue weighted by Crippen LogP contribution is 2.06. The normalized spacial score (nSPS) is 11.0. The molecule has 0 heterocycles. The lowest BCUT2D eigenvalue weighted by atomic mass is 10.1. The molecule has 0 aliphatic heterocycles. The van der Waals surface area contributed by atoms with Crippen molar-refractivity contribution in [1.29, 1.82) is 0 Å². The first-order valence-corrected chi connectivity index (χ1v) is 9.68. The molecule has 0 aliphatic carbocycles. The van der Waals surface area contributed by atoms with E-state index in [-0.39, 0.29) is 11.8 Å². The number of unbranched alkanes of at least 4 members (excludes halogenated alkanes) is 1. The van der Waals surface area contributed by atoms with E-state index in [1.807, 2.05) is 44.2 Å². The van der Waals surface area contributed by atoms with Gasteiger partial charge in [0.15, 0.2) is 0 Å². The Bertz CT molecular complexity index is 451. The molecule has 4 N–H and O–H groups in total. The summed E-state index contributed by atoms with van der Waals surface area (Å²) in [5, 5.41) is 5.11. The predicted octanol–water partition coefficient (Wildman–Crippen LogP) is 3.25. The summed E-state index contributed by atoms with van der Waals surface area (Å²) in [6, 6.07) is 8.98. The first-order valence-electron chi connectivity index (χ1n) is 9.68. The van der Waals surface area contributed by atoms with Crippen molar-refractivity contribution in [1.82, 2.24) is 10.6 Å². The fraction of sp³-hybridized carbons (Fsp3) is 0.619. The number of ether oxygens (including phenoxy) is 1. The van der Waals surface area contributed by atoms with Crippen LogP contribution in [0.3, 0.4) is 0 Å². The van der Waals surface area contributed by atoms with Crippen LogP contribution in [0.25, 0.3) is 0 Å². The molecular formula is C21H41N3O3. The maximum absolute atomic E-state index is 11.7. The second-order valence-electron chi connectivity index (χ2n) is 5.29. The molecule has 2 amide bonds. The summed E-state index contributed by atoms with van der Waals surface area (Å²) in [6.07, 6.45) is 2.23. The zero-order valence-electron chi connectivity index (χ0n) is 18.5. The van der Waals surface area contributed by atoms with Crippen LogP contribution >= 0.6 is 0 Å². The minimum absolute atomic E-state index is 0.260. The van der Waals surface area contributed by atoms with Gasteiger partial charge in [-0.1, -0.05) is 70.9 Å².